The second-order valence-electron chi connectivity index (χ2n) is 5.25. The second-order valence-corrected chi connectivity index (χ2v) is 5.25. The molecule has 4 nitrogen and oxygen atoms in total. The van der Waals surface area contributed by atoms with Gasteiger partial charge in [0, 0.05) is 0 Å². The van der Waals surface area contributed by atoms with Crippen LogP contribution in [0.2, 0.25) is 0 Å². The fourth-order valence-corrected chi connectivity index (χ4v) is 2.27. The van der Waals surface area contributed by atoms with Crippen molar-refractivity contribution in [2.45, 2.75) is 65.7 Å². The predicted octanol–water partition coefficient (Wildman–Crippen LogP) is 2.25. The van der Waals surface area contributed by atoms with Crippen LogP contribution < -0.4 is 0 Å². The van der Waals surface area contributed by atoms with Gasteiger partial charge in [0.05, 0.1) is 0 Å². The maximum atomic E-state index is 11.3. The monoisotopic (exact) mass is 322 g/mol. The first-order valence-electron chi connectivity index (χ1n) is 6.86. The van der Waals surface area contributed by atoms with Gasteiger partial charge in [0.15, 0.2) is 5.41 Å². The van der Waals surface area contributed by atoms with Crippen LogP contribution in [0.3, 0.4) is 0 Å². The first kappa shape index (κ1) is 26.5. The van der Waals surface area contributed by atoms with Crippen LogP contribution in [0.15, 0.2) is 0 Å². The molecule has 0 saturated carbocycles. The Balaban J connectivity index is -0.00000144. The number of carboxylic acids is 2. The van der Waals surface area contributed by atoms with E-state index in [2.05, 4.69) is 6.92 Å². The van der Waals surface area contributed by atoms with Crippen molar-refractivity contribution >= 4 is 92.9 Å². The molecule has 20 heavy (non-hydrogen) atoms. The summed E-state index contributed by atoms with van der Waals surface area (Å²) in [6, 6.07) is 0. The summed E-state index contributed by atoms with van der Waals surface area (Å²) in [7, 11) is 0. The summed E-state index contributed by atoms with van der Waals surface area (Å²) in [5.41, 5.74) is -1.62. The molecular formula is C14H28KNaO4. The van der Waals surface area contributed by atoms with Crippen LogP contribution in [0.4, 0.5) is 0 Å². The molecule has 0 heterocycles. The average Bonchev–Trinajstić information content (AvgIpc) is 2.26. The number of hydrogen-bond acceptors (Lipinski definition) is 2. The van der Waals surface area contributed by atoms with Crippen LogP contribution in [-0.2, 0) is 9.59 Å². The minimum absolute atomic E-state index is 0. The normalized spacial score (nSPS) is 10.6. The molecule has 0 radical (unpaired) electrons. The topological polar surface area (TPSA) is 74.6 Å². The van der Waals surface area contributed by atoms with E-state index in [1.165, 1.54) is 12.8 Å². The van der Waals surface area contributed by atoms with Gasteiger partial charge in [0.2, 0.25) is 0 Å². The van der Waals surface area contributed by atoms with Gasteiger partial charge < -0.3 is 10.2 Å². The molecule has 0 saturated heterocycles. The summed E-state index contributed by atoms with van der Waals surface area (Å²) in [5.74, 6) is -2.82. The predicted molar refractivity (Wildman–Crippen MR) is 84.8 cm³/mol. The Morgan fingerprint density at radius 2 is 1.35 bits per heavy atom. The van der Waals surface area contributed by atoms with Crippen LogP contribution in [0.1, 0.15) is 65.7 Å². The fraction of sp³-hybridized carbons (Fsp3) is 0.857. The molecule has 0 unspecified atom stereocenters. The van der Waals surface area contributed by atoms with Crippen molar-refractivity contribution in [1.82, 2.24) is 0 Å². The van der Waals surface area contributed by atoms with Gasteiger partial charge in [-0.1, -0.05) is 59.3 Å². The molecule has 6 heteroatoms. The average molecular weight is 322 g/mol. The molecule has 0 aliphatic heterocycles. The molecule has 2 N–H and O–H groups in total. The van der Waals surface area contributed by atoms with E-state index < -0.39 is 23.3 Å². The third-order valence-corrected chi connectivity index (χ3v) is 3.67. The van der Waals surface area contributed by atoms with Gasteiger partial charge in [0.1, 0.15) is 0 Å². The van der Waals surface area contributed by atoms with Crippen LogP contribution >= 0.6 is 0 Å². The molecule has 0 rings (SSSR count). The van der Waals surface area contributed by atoms with Crippen LogP contribution in [0.25, 0.3) is 0 Å². The summed E-state index contributed by atoms with van der Waals surface area (Å²) in [6.45, 7) is 5.47. The van der Waals surface area contributed by atoms with Crippen molar-refractivity contribution < 1.29 is 19.8 Å². The fourth-order valence-electron chi connectivity index (χ4n) is 2.27. The zero-order valence-corrected chi connectivity index (χ0v) is 11.7. The third-order valence-electron chi connectivity index (χ3n) is 3.67. The van der Waals surface area contributed by atoms with E-state index in [0.717, 1.165) is 19.3 Å². The number of carbonyl (C=O) groups is 2. The number of hydrogen-bond donors (Lipinski definition) is 2. The molecule has 0 aromatic heterocycles. The molecule has 0 aromatic rings. The van der Waals surface area contributed by atoms with Crippen LogP contribution in [-0.4, -0.2) is 103 Å². The van der Waals surface area contributed by atoms with Crippen molar-refractivity contribution in [3.05, 3.63) is 0 Å². The van der Waals surface area contributed by atoms with E-state index in [1.54, 1.807) is 13.8 Å². The zero-order valence-electron chi connectivity index (χ0n) is 11.7. The van der Waals surface area contributed by atoms with Crippen LogP contribution in [0.5, 0.6) is 0 Å². The quantitative estimate of drug-likeness (QED) is 0.367. The Morgan fingerprint density at radius 3 is 1.70 bits per heavy atom. The van der Waals surface area contributed by atoms with Crippen molar-refractivity contribution in [3.63, 3.8) is 0 Å². The number of aliphatic carboxylic acids is 2. The van der Waals surface area contributed by atoms with Gasteiger partial charge in [-0.2, -0.15) is 0 Å². The molecule has 0 bridgehead atoms. The van der Waals surface area contributed by atoms with E-state index >= 15 is 0 Å². The van der Waals surface area contributed by atoms with E-state index in [-0.39, 0.29) is 87.4 Å². The summed E-state index contributed by atoms with van der Waals surface area (Å²) in [5, 5.41) is 18.4. The van der Waals surface area contributed by atoms with Crippen molar-refractivity contribution in [1.29, 1.82) is 0 Å². The van der Waals surface area contributed by atoms with Crippen molar-refractivity contribution in [3.8, 4) is 0 Å². The summed E-state index contributed by atoms with van der Waals surface area (Å²) in [6.07, 6.45) is 6.36. The number of unbranched alkanes of at least 4 members (excludes halogenated alkanes) is 5. The summed E-state index contributed by atoms with van der Waals surface area (Å²) in [4.78, 5) is 22.6. The van der Waals surface area contributed by atoms with Crippen LogP contribution in [0, 0.1) is 11.3 Å². The first-order valence-corrected chi connectivity index (χ1v) is 6.86. The Bertz CT molecular complexity index is 268. The van der Waals surface area contributed by atoms with Gasteiger partial charge in [0.25, 0.3) is 0 Å². The van der Waals surface area contributed by atoms with E-state index in [4.69, 9.17) is 0 Å². The second kappa shape index (κ2) is 14.2. The molecular weight excluding hydrogens is 294 g/mol. The standard InChI is InChI=1S/C14H26O4.K.Na.2H/c1-4-5-6-7-8-9-10-14(11(2)3,12(15)16)13(17)18;;;;/h11H,4-10H2,1-3H3,(H,15,16)(H,17,18);;;;. The third kappa shape index (κ3) is 8.27. The SMILES string of the molecule is CCCCCCCCC(C(=O)O)(C(=O)O)C(C)C.[KH].[NaH]. The van der Waals surface area contributed by atoms with Gasteiger partial charge in [-0.25, -0.2) is 0 Å². The Hall–Kier alpha value is 1.58. The van der Waals surface area contributed by atoms with Crippen molar-refractivity contribution in [2.75, 3.05) is 0 Å². The molecule has 0 spiro atoms. The molecule has 110 valence electrons. The summed E-state index contributed by atoms with van der Waals surface area (Å²) >= 11 is 0. The molecule has 0 atom stereocenters. The number of carboxylic acid groups (broad SMARTS) is 2. The Morgan fingerprint density at radius 1 is 0.950 bits per heavy atom. The molecule has 0 aliphatic carbocycles. The molecule has 0 aromatic carbocycles. The van der Waals surface area contributed by atoms with E-state index in [0.29, 0.717) is 6.42 Å². The number of rotatable bonds is 10. The maximum absolute atomic E-state index is 11.3. The van der Waals surface area contributed by atoms with Gasteiger partial charge in [-0.3, -0.25) is 9.59 Å². The van der Waals surface area contributed by atoms with Gasteiger partial charge in [-0.15, -0.1) is 0 Å². The zero-order chi connectivity index (χ0) is 14.2. The van der Waals surface area contributed by atoms with Crippen molar-refractivity contribution in [2.24, 2.45) is 11.3 Å². The Labute approximate surface area is 187 Å². The summed E-state index contributed by atoms with van der Waals surface area (Å²) < 4.78 is 0. The van der Waals surface area contributed by atoms with Gasteiger partial charge in [-0.05, 0) is 12.3 Å². The first-order chi connectivity index (χ1) is 8.39. The van der Waals surface area contributed by atoms with E-state index in [1.807, 2.05) is 0 Å². The minimum atomic E-state index is -1.62. The van der Waals surface area contributed by atoms with Gasteiger partial charge >= 0.3 is 92.9 Å². The Kier molecular flexibility index (Phi) is 18.8. The molecule has 0 fully saturated rings. The molecule has 0 amide bonds. The molecule has 0 aliphatic rings. The van der Waals surface area contributed by atoms with E-state index in [9.17, 15) is 19.8 Å².